The van der Waals surface area contributed by atoms with Crippen LogP contribution >= 0.6 is 0 Å². The highest BCUT2D eigenvalue weighted by Gasteiger charge is 2.46. The van der Waals surface area contributed by atoms with Crippen LogP contribution in [0.3, 0.4) is 0 Å². The molecule has 1 saturated heterocycles. The molecule has 2 aromatic rings. The Balaban J connectivity index is 2.12. The number of hydrogen-bond acceptors (Lipinski definition) is 7. The Labute approximate surface area is 225 Å². The zero-order chi connectivity index (χ0) is 28.1. The van der Waals surface area contributed by atoms with Crippen molar-refractivity contribution in [2.24, 2.45) is 5.92 Å². The largest absolute Gasteiger partial charge is 0.507 e. The summed E-state index contributed by atoms with van der Waals surface area (Å²) in [6, 6.07) is 9.82. The molecule has 1 heterocycles. The number of aliphatic hydroxyl groups is 1. The number of hydrogen-bond donors (Lipinski definition) is 1. The first kappa shape index (κ1) is 29.0. The number of rotatable bonds is 11. The van der Waals surface area contributed by atoms with Crippen LogP contribution in [-0.2, 0) is 9.59 Å². The molecule has 1 fully saturated rings. The topological polar surface area (TPSA) is 88.5 Å². The number of ether oxygens (including phenoxy) is 3. The van der Waals surface area contributed by atoms with Gasteiger partial charge in [-0.3, -0.25) is 9.59 Å². The van der Waals surface area contributed by atoms with E-state index in [0.29, 0.717) is 54.0 Å². The van der Waals surface area contributed by atoms with Gasteiger partial charge in [0.2, 0.25) is 0 Å². The summed E-state index contributed by atoms with van der Waals surface area (Å²) in [5, 5.41) is 11.4. The van der Waals surface area contributed by atoms with Gasteiger partial charge in [-0.25, -0.2) is 0 Å². The molecule has 0 spiro atoms. The van der Waals surface area contributed by atoms with Crippen molar-refractivity contribution >= 4 is 17.4 Å². The van der Waals surface area contributed by atoms with E-state index >= 15 is 0 Å². The van der Waals surface area contributed by atoms with Crippen molar-refractivity contribution in [1.29, 1.82) is 0 Å². The van der Waals surface area contributed by atoms with E-state index in [-0.39, 0.29) is 17.4 Å². The molecule has 1 N–H and O–H groups in total. The van der Waals surface area contributed by atoms with Gasteiger partial charge in [-0.15, -0.1) is 0 Å². The van der Waals surface area contributed by atoms with E-state index in [2.05, 4.69) is 13.8 Å². The minimum Gasteiger partial charge on any atom is -0.507 e. The quantitative estimate of drug-likeness (QED) is 0.256. The predicted octanol–water partition coefficient (Wildman–Crippen LogP) is 4.81. The number of likely N-dealkylation sites (tertiary alicyclic amines) is 1. The van der Waals surface area contributed by atoms with Crippen molar-refractivity contribution in [3.63, 3.8) is 0 Å². The number of carbonyl (C=O) groups excluding carboxylic acids is 2. The lowest BCUT2D eigenvalue weighted by Crippen LogP contribution is -2.35. The normalized spacial score (nSPS) is 17.1. The number of amides is 1. The second-order valence-corrected chi connectivity index (χ2v) is 10.6. The third kappa shape index (κ3) is 6.48. The van der Waals surface area contributed by atoms with Crippen molar-refractivity contribution in [1.82, 2.24) is 9.80 Å². The van der Waals surface area contributed by atoms with Crippen molar-refractivity contribution in [3.05, 3.63) is 58.7 Å². The molecule has 1 unspecified atom stereocenters. The van der Waals surface area contributed by atoms with E-state index in [4.69, 9.17) is 14.2 Å². The third-order valence-electron chi connectivity index (χ3n) is 6.21. The highest BCUT2D eigenvalue weighted by molar-refractivity contribution is 6.46. The zero-order valence-electron chi connectivity index (χ0n) is 23.7. The van der Waals surface area contributed by atoms with Crippen molar-refractivity contribution in [3.8, 4) is 17.2 Å². The molecule has 3 rings (SSSR count). The van der Waals surface area contributed by atoms with Crippen LogP contribution in [0.5, 0.6) is 17.2 Å². The van der Waals surface area contributed by atoms with Gasteiger partial charge < -0.3 is 29.1 Å². The minimum atomic E-state index is -0.783. The zero-order valence-corrected chi connectivity index (χ0v) is 23.7. The second-order valence-electron chi connectivity index (χ2n) is 10.6. The molecule has 1 aliphatic rings. The molecule has 38 heavy (non-hydrogen) atoms. The molecule has 0 radical (unpaired) electrons. The summed E-state index contributed by atoms with van der Waals surface area (Å²) < 4.78 is 17.3. The number of carbonyl (C=O) groups is 2. The van der Waals surface area contributed by atoms with Gasteiger partial charge >= 0.3 is 0 Å². The fourth-order valence-corrected chi connectivity index (χ4v) is 4.34. The summed E-state index contributed by atoms with van der Waals surface area (Å²) in [5.74, 6) is 0.541. The monoisotopic (exact) mass is 524 g/mol. The Morgan fingerprint density at radius 2 is 1.71 bits per heavy atom. The van der Waals surface area contributed by atoms with Gasteiger partial charge in [-0.2, -0.15) is 0 Å². The number of aliphatic hydroxyl groups excluding tert-OH is 1. The number of ketones is 1. The summed E-state index contributed by atoms with van der Waals surface area (Å²) in [5.41, 5.74) is 1.96. The van der Waals surface area contributed by atoms with Crippen LogP contribution < -0.4 is 14.2 Å². The molecule has 8 heteroatoms. The van der Waals surface area contributed by atoms with Gasteiger partial charge in [0.15, 0.2) is 11.5 Å². The van der Waals surface area contributed by atoms with E-state index in [9.17, 15) is 14.7 Å². The maximum atomic E-state index is 13.4. The number of nitrogens with zero attached hydrogens (tertiary/aromatic N) is 2. The van der Waals surface area contributed by atoms with Gasteiger partial charge in [0.05, 0.1) is 31.4 Å². The molecule has 0 aliphatic carbocycles. The molecule has 1 atom stereocenters. The standard InChI is InChI=1S/C30H40N2O6/c1-18(2)17-37-23-11-10-22(15-20(23)5)28(33)26-27(32(14-13-31(6)7)30(35)29(26)34)21-9-12-24(38-19(3)4)25(16-21)36-8/h9-12,15-16,18-19,27,33H,13-14,17H2,1-8H3/b28-26-. The number of aryl methyl sites for hydroxylation is 1. The first-order chi connectivity index (χ1) is 17.9. The van der Waals surface area contributed by atoms with Crippen LogP contribution in [-0.4, -0.2) is 73.6 Å². The predicted molar refractivity (Wildman–Crippen MR) is 148 cm³/mol. The molecular formula is C30H40N2O6. The lowest BCUT2D eigenvalue weighted by Gasteiger charge is -2.27. The molecule has 0 saturated carbocycles. The van der Waals surface area contributed by atoms with Gasteiger partial charge in [0.25, 0.3) is 11.7 Å². The summed E-state index contributed by atoms with van der Waals surface area (Å²) in [4.78, 5) is 30.0. The van der Waals surface area contributed by atoms with Crippen LogP contribution in [0.4, 0.5) is 0 Å². The molecule has 0 aromatic heterocycles. The Morgan fingerprint density at radius 1 is 1.03 bits per heavy atom. The fraction of sp³-hybridized carbons (Fsp3) is 0.467. The van der Waals surface area contributed by atoms with Crippen molar-refractivity contribution in [2.45, 2.75) is 46.8 Å². The lowest BCUT2D eigenvalue weighted by atomic mass is 9.94. The van der Waals surface area contributed by atoms with Gasteiger partial charge in [0.1, 0.15) is 11.5 Å². The summed E-state index contributed by atoms with van der Waals surface area (Å²) in [7, 11) is 5.34. The number of methoxy groups -OCH3 is 1. The van der Waals surface area contributed by atoms with Crippen LogP contribution in [0.25, 0.3) is 5.76 Å². The van der Waals surface area contributed by atoms with Gasteiger partial charge in [0, 0.05) is 18.7 Å². The van der Waals surface area contributed by atoms with Crippen LogP contribution in [0, 0.1) is 12.8 Å². The number of benzene rings is 2. The molecule has 0 bridgehead atoms. The number of likely N-dealkylation sites (N-methyl/N-ethyl adjacent to an activating group) is 1. The van der Waals surface area contributed by atoms with E-state index in [1.807, 2.05) is 39.8 Å². The Hall–Kier alpha value is -3.52. The molecular weight excluding hydrogens is 484 g/mol. The summed E-state index contributed by atoms with van der Waals surface area (Å²) >= 11 is 0. The minimum absolute atomic E-state index is 0.0450. The Bertz CT molecular complexity index is 1200. The van der Waals surface area contributed by atoms with E-state index in [1.54, 1.807) is 43.5 Å². The third-order valence-corrected chi connectivity index (χ3v) is 6.21. The molecule has 1 aliphatic heterocycles. The first-order valence-electron chi connectivity index (χ1n) is 13.0. The smallest absolute Gasteiger partial charge is 0.295 e. The van der Waals surface area contributed by atoms with Gasteiger partial charge in [-0.1, -0.05) is 19.9 Å². The van der Waals surface area contributed by atoms with Gasteiger partial charge in [-0.05, 0) is 82.2 Å². The highest BCUT2D eigenvalue weighted by Crippen LogP contribution is 2.42. The highest BCUT2D eigenvalue weighted by atomic mass is 16.5. The van der Waals surface area contributed by atoms with Crippen molar-refractivity contribution < 1.29 is 28.9 Å². The molecule has 206 valence electrons. The summed E-state index contributed by atoms with van der Waals surface area (Å²) in [6.45, 7) is 11.3. The lowest BCUT2D eigenvalue weighted by molar-refractivity contribution is -0.140. The fourth-order valence-electron chi connectivity index (χ4n) is 4.34. The average molecular weight is 525 g/mol. The maximum Gasteiger partial charge on any atom is 0.295 e. The van der Waals surface area contributed by atoms with E-state index in [0.717, 1.165) is 5.56 Å². The van der Waals surface area contributed by atoms with E-state index in [1.165, 1.54) is 4.90 Å². The number of Topliss-reactive ketones (excluding diaryl/α,β-unsaturated/α-hetero) is 1. The van der Waals surface area contributed by atoms with Crippen LogP contribution in [0.15, 0.2) is 42.0 Å². The Morgan fingerprint density at radius 3 is 2.29 bits per heavy atom. The molecule has 8 nitrogen and oxygen atoms in total. The SMILES string of the molecule is COc1cc(C2/C(=C(/O)c3ccc(OCC(C)C)c(C)c3)C(=O)C(=O)N2CCN(C)C)ccc1OC(C)C. The van der Waals surface area contributed by atoms with E-state index < -0.39 is 17.7 Å². The van der Waals surface area contributed by atoms with Crippen LogP contribution in [0.1, 0.15) is 50.4 Å². The Kier molecular flexibility index (Phi) is 9.44. The first-order valence-corrected chi connectivity index (χ1v) is 13.0. The maximum absolute atomic E-state index is 13.4. The van der Waals surface area contributed by atoms with Crippen molar-refractivity contribution in [2.75, 3.05) is 40.9 Å². The average Bonchev–Trinajstić information content (AvgIpc) is 3.10. The second kappa shape index (κ2) is 12.3. The van der Waals surface area contributed by atoms with Crippen LogP contribution in [0.2, 0.25) is 0 Å². The molecule has 2 aromatic carbocycles. The summed E-state index contributed by atoms with van der Waals surface area (Å²) in [6.07, 6.45) is -0.0591. The molecule has 1 amide bonds.